The number of rotatable bonds is 6. The molecule has 1 aliphatic carbocycles. The molecule has 6 heteroatoms. The van der Waals surface area contributed by atoms with Gasteiger partial charge in [-0.25, -0.2) is 0 Å². The quantitative estimate of drug-likeness (QED) is 0.783. The van der Waals surface area contributed by atoms with Crippen LogP contribution in [-0.4, -0.2) is 50.6 Å². The molecule has 3 atom stereocenters. The molecule has 20 heavy (non-hydrogen) atoms. The zero-order valence-corrected chi connectivity index (χ0v) is 13.3. The number of amides is 2. The number of hydrogen-bond acceptors (Lipinski definition) is 3. The Labute approximate surface area is 122 Å². The van der Waals surface area contributed by atoms with Gasteiger partial charge in [-0.05, 0) is 32.1 Å². The van der Waals surface area contributed by atoms with E-state index >= 15 is 0 Å². The van der Waals surface area contributed by atoms with E-state index in [0.717, 1.165) is 12.8 Å². The van der Waals surface area contributed by atoms with E-state index in [9.17, 15) is 13.8 Å². The first-order chi connectivity index (χ1) is 9.43. The Bertz CT molecular complexity index is 436. The van der Waals surface area contributed by atoms with E-state index in [-0.39, 0.29) is 17.7 Å². The first-order valence-electron chi connectivity index (χ1n) is 7.42. The largest absolute Gasteiger partial charge is 0.340 e. The molecule has 2 fully saturated rings. The molecule has 3 unspecified atom stereocenters. The highest BCUT2D eigenvalue weighted by Gasteiger charge is 2.54. The van der Waals surface area contributed by atoms with Crippen molar-refractivity contribution in [2.75, 3.05) is 18.1 Å². The summed E-state index contributed by atoms with van der Waals surface area (Å²) in [5, 5.41) is 2.93. The van der Waals surface area contributed by atoms with Gasteiger partial charge in [0.05, 0.1) is 0 Å². The number of piperazine rings is 1. The van der Waals surface area contributed by atoms with Gasteiger partial charge in [-0.3, -0.25) is 13.8 Å². The minimum atomic E-state index is -0.917. The Morgan fingerprint density at radius 3 is 2.50 bits per heavy atom. The van der Waals surface area contributed by atoms with Crippen LogP contribution in [0.5, 0.6) is 0 Å². The van der Waals surface area contributed by atoms with Crippen LogP contribution in [-0.2, 0) is 20.4 Å². The van der Waals surface area contributed by atoms with Gasteiger partial charge in [-0.1, -0.05) is 13.8 Å². The van der Waals surface area contributed by atoms with E-state index < -0.39 is 22.4 Å². The summed E-state index contributed by atoms with van der Waals surface area (Å²) in [7, 11) is -0.917. The van der Waals surface area contributed by atoms with Crippen LogP contribution in [0.2, 0.25) is 0 Å². The minimum Gasteiger partial charge on any atom is -0.340 e. The summed E-state index contributed by atoms with van der Waals surface area (Å²) in [5.41, 5.74) is -0.754. The second-order valence-corrected chi connectivity index (χ2v) is 7.69. The van der Waals surface area contributed by atoms with Crippen molar-refractivity contribution in [1.29, 1.82) is 0 Å². The van der Waals surface area contributed by atoms with Gasteiger partial charge in [0, 0.05) is 28.9 Å². The van der Waals surface area contributed by atoms with Gasteiger partial charge in [0.15, 0.2) is 0 Å². The Kier molecular flexibility index (Phi) is 4.52. The first kappa shape index (κ1) is 15.5. The van der Waals surface area contributed by atoms with Gasteiger partial charge in [0.25, 0.3) is 0 Å². The van der Waals surface area contributed by atoms with Crippen molar-refractivity contribution in [3.8, 4) is 0 Å². The maximum Gasteiger partial charge on any atom is 0.249 e. The van der Waals surface area contributed by atoms with Crippen molar-refractivity contribution in [3.63, 3.8) is 0 Å². The van der Waals surface area contributed by atoms with Crippen molar-refractivity contribution >= 4 is 22.6 Å². The molecular formula is C14H24N2O3S. The fourth-order valence-corrected chi connectivity index (χ4v) is 3.61. The Hall–Kier alpha value is -0.910. The van der Waals surface area contributed by atoms with Crippen molar-refractivity contribution < 1.29 is 13.8 Å². The SMILES string of the molecule is CCC1C(=O)NC(C)(C2CC2)C(=O)N1CCS(=O)CC. The molecule has 1 saturated carbocycles. The van der Waals surface area contributed by atoms with E-state index in [1.54, 1.807) is 4.90 Å². The van der Waals surface area contributed by atoms with Crippen molar-refractivity contribution in [2.45, 2.75) is 51.6 Å². The molecule has 1 saturated heterocycles. The summed E-state index contributed by atoms with van der Waals surface area (Å²) in [5.74, 6) is 1.23. The van der Waals surface area contributed by atoms with E-state index in [0.29, 0.717) is 24.5 Å². The lowest BCUT2D eigenvalue weighted by molar-refractivity contribution is -0.155. The van der Waals surface area contributed by atoms with Crippen molar-refractivity contribution in [3.05, 3.63) is 0 Å². The molecule has 0 spiro atoms. The average Bonchev–Trinajstić information content (AvgIpc) is 3.25. The predicted molar refractivity (Wildman–Crippen MR) is 78.6 cm³/mol. The molecule has 1 N–H and O–H groups in total. The lowest BCUT2D eigenvalue weighted by atomic mass is 9.89. The van der Waals surface area contributed by atoms with Crippen LogP contribution in [0.4, 0.5) is 0 Å². The average molecular weight is 300 g/mol. The molecule has 0 aromatic rings. The molecule has 0 bridgehead atoms. The van der Waals surface area contributed by atoms with Crippen LogP contribution in [0, 0.1) is 5.92 Å². The molecule has 0 radical (unpaired) electrons. The molecule has 5 nitrogen and oxygen atoms in total. The molecular weight excluding hydrogens is 276 g/mol. The summed E-state index contributed by atoms with van der Waals surface area (Å²) in [6, 6.07) is -0.414. The summed E-state index contributed by atoms with van der Waals surface area (Å²) >= 11 is 0. The summed E-state index contributed by atoms with van der Waals surface area (Å²) < 4.78 is 11.6. The fourth-order valence-electron chi connectivity index (χ4n) is 2.92. The van der Waals surface area contributed by atoms with Crippen molar-refractivity contribution in [2.24, 2.45) is 5.92 Å². The first-order valence-corrected chi connectivity index (χ1v) is 8.90. The molecule has 2 rings (SSSR count). The van der Waals surface area contributed by atoms with Crippen LogP contribution in [0.1, 0.15) is 40.0 Å². The third-order valence-electron chi connectivity index (χ3n) is 4.43. The van der Waals surface area contributed by atoms with Crippen LogP contribution < -0.4 is 5.32 Å². The molecule has 1 aliphatic heterocycles. The number of nitrogens with one attached hydrogen (secondary N) is 1. The number of carbonyl (C=O) groups is 2. The fraction of sp³-hybridized carbons (Fsp3) is 0.857. The van der Waals surface area contributed by atoms with Gasteiger partial charge >= 0.3 is 0 Å². The van der Waals surface area contributed by atoms with Gasteiger partial charge in [-0.15, -0.1) is 0 Å². The molecule has 0 aromatic carbocycles. The molecule has 2 amide bonds. The van der Waals surface area contributed by atoms with Gasteiger partial charge in [0.2, 0.25) is 11.8 Å². The standard InChI is InChI=1S/C14H24N2O3S/c1-4-11-12(17)15-14(3,10-6-7-10)13(18)16(11)8-9-20(19)5-2/h10-11H,4-9H2,1-3H3,(H,15,17). The van der Waals surface area contributed by atoms with Crippen LogP contribution in [0.3, 0.4) is 0 Å². The van der Waals surface area contributed by atoms with E-state index in [1.807, 2.05) is 20.8 Å². The van der Waals surface area contributed by atoms with Crippen LogP contribution in [0.25, 0.3) is 0 Å². The van der Waals surface area contributed by atoms with Crippen LogP contribution >= 0.6 is 0 Å². The summed E-state index contributed by atoms with van der Waals surface area (Å²) in [6.45, 7) is 6.02. The smallest absolute Gasteiger partial charge is 0.249 e. The highest BCUT2D eigenvalue weighted by atomic mass is 32.2. The maximum absolute atomic E-state index is 12.8. The zero-order valence-electron chi connectivity index (χ0n) is 12.5. The lowest BCUT2D eigenvalue weighted by Gasteiger charge is -2.44. The van der Waals surface area contributed by atoms with Gasteiger partial charge < -0.3 is 10.2 Å². The Morgan fingerprint density at radius 2 is 2.00 bits per heavy atom. The van der Waals surface area contributed by atoms with Gasteiger partial charge in [-0.2, -0.15) is 0 Å². The van der Waals surface area contributed by atoms with E-state index in [4.69, 9.17) is 0 Å². The zero-order chi connectivity index (χ0) is 14.9. The summed E-state index contributed by atoms with van der Waals surface area (Å²) in [6.07, 6.45) is 2.58. The molecule has 114 valence electrons. The molecule has 2 aliphatic rings. The summed E-state index contributed by atoms with van der Waals surface area (Å²) in [4.78, 5) is 26.7. The Balaban J connectivity index is 2.16. The topological polar surface area (TPSA) is 66.5 Å². The number of hydrogen-bond donors (Lipinski definition) is 1. The van der Waals surface area contributed by atoms with E-state index in [2.05, 4.69) is 5.32 Å². The molecule has 1 heterocycles. The van der Waals surface area contributed by atoms with E-state index in [1.165, 1.54) is 0 Å². The third kappa shape index (κ3) is 2.75. The minimum absolute atomic E-state index is 0.000414. The maximum atomic E-state index is 12.8. The Morgan fingerprint density at radius 1 is 1.35 bits per heavy atom. The second kappa shape index (κ2) is 5.84. The highest BCUT2D eigenvalue weighted by Crippen LogP contribution is 2.42. The van der Waals surface area contributed by atoms with Crippen LogP contribution in [0.15, 0.2) is 0 Å². The predicted octanol–water partition coefficient (Wildman–Crippen LogP) is 0.661. The lowest BCUT2D eigenvalue weighted by Crippen LogP contribution is -2.70. The second-order valence-electron chi connectivity index (χ2n) is 5.82. The normalized spacial score (nSPS) is 32.1. The number of carbonyl (C=O) groups excluding carboxylic acids is 2. The van der Waals surface area contributed by atoms with Crippen molar-refractivity contribution in [1.82, 2.24) is 10.2 Å². The highest BCUT2D eigenvalue weighted by molar-refractivity contribution is 7.84. The monoisotopic (exact) mass is 300 g/mol. The number of nitrogens with zero attached hydrogens (tertiary/aromatic N) is 1. The molecule has 0 aromatic heterocycles. The third-order valence-corrected chi connectivity index (χ3v) is 5.71. The van der Waals surface area contributed by atoms with Gasteiger partial charge in [0.1, 0.15) is 11.6 Å².